The monoisotopic (exact) mass is 317 g/mol. The van der Waals surface area contributed by atoms with Crippen molar-refractivity contribution in [1.29, 1.82) is 0 Å². The van der Waals surface area contributed by atoms with Crippen molar-refractivity contribution in [2.24, 2.45) is 0 Å². The number of thiazole rings is 1. The third kappa shape index (κ3) is 2.97. The van der Waals surface area contributed by atoms with E-state index >= 15 is 0 Å². The molecular formula is C11H9BrClNOS. The zero-order valence-corrected chi connectivity index (χ0v) is 11.7. The number of rotatable bonds is 3. The number of aryl methyl sites for hydroxylation is 1. The molecule has 0 unspecified atom stereocenters. The molecule has 1 aromatic carbocycles. The van der Waals surface area contributed by atoms with Gasteiger partial charge >= 0.3 is 0 Å². The molecule has 0 amide bonds. The summed E-state index contributed by atoms with van der Waals surface area (Å²) in [5.74, 6) is 0.682. The molecule has 0 atom stereocenters. The molecule has 5 heteroatoms. The van der Waals surface area contributed by atoms with E-state index in [2.05, 4.69) is 20.9 Å². The van der Waals surface area contributed by atoms with E-state index in [1.54, 1.807) is 17.4 Å². The molecule has 0 aliphatic carbocycles. The fourth-order valence-corrected chi connectivity index (χ4v) is 2.43. The van der Waals surface area contributed by atoms with Gasteiger partial charge in [-0.25, -0.2) is 4.98 Å². The number of ether oxygens (including phenoxy) is 1. The van der Waals surface area contributed by atoms with Gasteiger partial charge in [-0.3, -0.25) is 0 Å². The van der Waals surface area contributed by atoms with Crippen LogP contribution < -0.4 is 4.74 Å². The SMILES string of the molecule is Cc1ncc(COc2cc(Br)ccc2Cl)s1. The van der Waals surface area contributed by atoms with Crippen molar-refractivity contribution >= 4 is 38.9 Å². The molecule has 16 heavy (non-hydrogen) atoms. The quantitative estimate of drug-likeness (QED) is 0.834. The van der Waals surface area contributed by atoms with Crippen LogP contribution in [0.25, 0.3) is 0 Å². The molecule has 2 rings (SSSR count). The van der Waals surface area contributed by atoms with Gasteiger partial charge in [0, 0.05) is 10.7 Å². The third-order valence-electron chi connectivity index (χ3n) is 1.93. The highest BCUT2D eigenvalue weighted by Gasteiger charge is 2.04. The zero-order valence-electron chi connectivity index (χ0n) is 8.54. The predicted octanol–water partition coefficient (Wildman–Crippen LogP) is 4.45. The fourth-order valence-electron chi connectivity index (χ4n) is 1.21. The van der Waals surface area contributed by atoms with Gasteiger partial charge in [-0.05, 0) is 25.1 Å². The number of halogens is 2. The van der Waals surface area contributed by atoms with Crippen LogP contribution in [0.15, 0.2) is 28.9 Å². The van der Waals surface area contributed by atoms with Gasteiger partial charge in [0.05, 0.1) is 14.9 Å². The summed E-state index contributed by atoms with van der Waals surface area (Å²) in [7, 11) is 0. The average Bonchev–Trinajstić information content (AvgIpc) is 2.66. The van der Waals surface area contributed by atoms with Crippen LogP contribution in [-0.2, 0) is 6.61 Å². The molecule has 0 radical (unpaired) electrons. The molecule has 1 aromatic heterocycles. The molecule has 0 bridgehead atoms. The summed E-state index contributed by atoms with van der Waals surface area (Å²) < 4.78 is 6.58. The summed E-state index contributed by atoms with van der Waals surface area (Å²) in [6.45, 7) is 2.47. The second-order valence-corrected chi connectivity index (χ2v) is 5.85. The standard InChI is InChI=1S/C11H9BrClNOS/c1-7-14-5-9(16-7)6-15-11-4-8(12)2-3-10(11)13/h2-5H,6H2,1H3. The van der Waals surface area contributed by atoms with Crippen molar-refractivity contribution in [1.82, 2.24) is 4.98 Å². The van der Waals surface area contributed by atoms with Crippen molar-refractivity contribution in [3.63, 3.8) is 0 Å². The third-order valence-corrected chi connectivity index (χ3v) is 3.62. The number of aromatic nitrogens is 1. The summed E-state index contributed by atoms with van der Waals surface area (Å²) in [5.41, 5.74) is 0. The Labute approximate surface area is 111 Å². The lowest BCUT2D eigenvalue weighted by molar-refractivity contribution is 0.309. The lowest BCUT2D eigenvalue weighted by Crippen LogP contribution is -1.93. The molecule has 0 aliphatic rings. The molecule has 0 fully saturated rings. The Bertz CT molecular complexity index is 500. The molecule has 0 saturated carbocycles. The number of hydrogen-bond acceptors (Lipinski definition) is 3. The Morgan fingerprint density at radius 3 is 3.00 bits per heavy atom. The van der Waals surface area contributed by atoms with E-state index in [4.69, 9.17) is 16.3 Å². The Morgan fingerprint density at radius 2 is 2.31 bits per heavy atom. The Balaban J connectivity index is 2.07. The minimum Gasteiger partial charge on any atom is -0.486 e. The van der Waals surface area contributed by atoms with Gasteiger partial charge in [-0.15, -0.1) is 11.3 Å². The van der Waals surface area contributed by atoms with Gasteiger partial charge in [0.15, 0.2) is 0 Å². The summed E-state index contributed by atoms with van der Waals surface area (Å²) >= 11 is 11.0. The maximum Gasteiger partial charge on any atom is 0.139 e. The minimum absolute atomic E-state index is 0.502. The normalized spacial score (nSPS) is 10.4. The highest BCUT2D eigenvalue weighted by Crippen LogP contribution is 2.29. The van der Waals surface area contributed by atoms with Crippen molar-refractivity contribution in [2.75, 3.05) is 0 Å². The van der Waals surface area contributed by atoms with Crippen molar-refractivity contribution < 1.29 is 4.74 Å². The molecule has 1 heterocycles. The summed E-state index contributed by atoms with van der Waals surface area (Å²) in [6.07, 6.45) is 1.83. The van der Waals surface area contributed by atoms with Gasteiger partial charge in [-0.1, -0.05) is 27.5 Å². The van der Waals surface area contributed by atoms with E-state index < -0.39 is 0 Å². The fraction of sp³-hybridized carbons (Fsp3) is 0.182. The zero-order chi connectivity index (χ0) is 11.5. The van der Waals surface area contributed by atoms with Crippen LogP contribution in [-0.4, -0.2) is 4.98 Å². The molecular weight excluding hydrogens is 310 g/mol. The van der Waals surface area contributed by atoms with E-state index in [-0.39, 0.29) is 0 Å². The highest BCUT2D eigenvalue weighted by atomic mass is 79.9. The van der Waals surface area contributed by atoms with Crippen LogP contribution >= 0.6 is 38.9 Å². The first-order valence-corrected chi connectivity index (χ1v) is 6.63. The molecule has 2 aromatic rings. The summed E-state index contributed by atoms with van der Waals surface area (Å²) in [5, 5.41) is 1.66. The number of nitrogens with zero attached hydrogens (tertiary/aromatic N) is 1. The van der Waals surface area contributed by atoms with Gasteiger partial charge in [0.1, 0.15) is 12.4 Å². The van der Waals surface area contributed by atoms with E-state index in [9.17, 15) is 0 Å². The van der Waals surface area contributed by atoms with Gasteiger partial charge < -0.3 is 4.74 Å². The van der Waals surface area contributed by atoms with Crippen molar-refractivity contribution in [3.8, 4) is 5.75 Å². The molecule has 0 saturated heterocycles. The summed E-state index contributed by atoms with van der Waals surface area (Å²) in [4.78, 5) is 5.26. The molecule has 2 nitrogen and oxygen atoms in total. The smallest absolute Gasteiger partial charge is 0.139 e. The Hall–Kier alpha value is -0.580. The van der Waals surface area contributed by atoms with E-state index in [1.165, 1.54) is 0 Å². The molecule has 84 valence electrons. The van der Waals surface area contributed by atoms with Gasteiger partial charge in [0.2, 0.25) is 0 Å². The lowest BCUT2D eigenvalue weighted by Gasteiger charge is -2.06. The number of hydrogen-bond donors (Lipinski definition) is 0. The first-order chi connectivity index (χ1) is 7.65. The highest BCUT2D eigenvalue weighted by molar-refractivity contribution is 9.10. The van der Waals surface area contributed by atoms with E-state index in [1.807, 2.05) is 25.3 Å². The van der Waals surface area contributed by atoms with Crippen LogP contribution in [0.1, 0.15) is 9.88 Å². The minimum atomic E-state index is 0.502. The maximum atomic E-state index is 6.01. The lowest BCUT2D eigenvalue weighted by atomic mass is 10.3. The largest absolute Gasteiger partial charge is 0.486 e. The first kappa shape index (κ1) is 11.9. The van der Waals surface area contributed by atoms with Crippen LogP contribution in [0.5, 0.6) is 5.75 Å². The van der Waals surface area contributed by atoms with Crippen LogP contribution in [0.3, 0.4) is 0 Å². The van der Waals surface area contributed by atoms with Crippen LogP contribution in [0.4, 0.5) is 0 Å². The van der Waals surface area contributed by atoms with Crippen molar-refractivity contribution in [2.45, 2.75) is 13.5 Å². The van der Waals surface area contributed by atoms with E-state index in [0.29, 0.717) is 17.4 Å². The van der Waals surface area contributed by atoms with Gasteiger partial charge in [0.25, 0.3) is 0 Å². The van der Waals surface area contributed by atoms with Crippen LogP contribution in [0, 0.1) is 6.92 Å². The van der Waals surface area contributed by atoms with Gasteiger partial charge in [-0.2, -0.15) is 0 Å². The Morgan fingerprint density at radius 1 is 1.50 bits per heavy atom. The average molecular weight is 319 g/mol. The maximum absolute atomic E-state index is 6.01. The number of benzene rings is 1. The molecule has 0 spiro atoms. The second-order valence-electron chi connectivity index (χ2n) is 3.21. The second kappa shape index (κ2) is 5.17. The van der Waals surface area contributed by atoms with Crippen molar-refractivity contribution in [3.05, 3.63) is 43.8 Å². The molecule has 0 aliphatic heterocycles. The van der Waals surface area contributed by atoms with E-state index in [0.717, 1.165) is 14.4 Å². The topological polar surface area (TPSA) is 22.1 Å². The first-order valence-electron chi connectivity index (χ1n) is 4.64. The Kier molecular flexibility index (Phi) is 3.84. The summed E-state index contributed by atoms with van der Waals surface area (Å²) in [6, 6.07) is 5.54. The predicted molar refractivity (Wildman–Crippen MR) is 70.3 cm³/mol. The molecule has 0 N–H and O–H groups in total. The van der Waals surface area contributed by atoms with Crippen LogP contribution in [0.2, 0.25) is 5.02 Å².